The molecule has 0 radical (unpaired) electrons. The summed E-state index contributed by atoms with van der Waals surface area (Å²) in [7, 11) is -1.35. The van der Waals surface area contributed by atoms with Gasteiger partial charge in [-0.3, -0.25) is 4.79 Å². The summed E-state index contributed by atoms with van der Waals surface area (Å²) in [6, 6.07) is 3.72. The number of Topliss-reactive ketones (excluding diaryl/α,β-unsaturated/α-hetero) is 1. The molecule has 2 saturated heterocycles. The zero-order valence-corrected chi connectivity index (χ0v) is 14.1. The van der Waals surface area contributed by atoms with Gasteiger partial charge in [-0.2, -0.15) is 0 Å². The second kappa shape index (κ2) is 5.37. The van der Waals surface area contributed by atoms with Crippen LogP contribution in [0.25, 0.3) is 0 Å². The number of rotatable bonds is 3. The van der Waals surface area contributed by atoms with Gasteiger partial charge in [-0.15, -0.1) is 0 Å². The number of ether oxygens (including phenoxy) is 1. The highest BCUT2D eigenvalue weighted by Gasteiger charge is 2.48. The van der Waals surface area contributed by atoms with Gasteiger partial charge in [0.1, 0.15) is 5.75 Å². The molecule has 2 heterocycles. The lowest BCUT2D eigenvalue weighted by Crippen LogP contribution is -2.36. The van der Waals surface area contributed by atoms with E-state index in [1.54, 1.807) is 7.11 Å². The third-order valence-electron chi connectivity index (χ3n) is 5.15. The summed E-state index contributed by atoms with van der Waals surface area (Å²) in [5.74, 6) is 0.733. The number of hydrogen-bond donors (Lipinski definition) is 0. The van der Waals surface area contributed by atoms with E-state index >= 15 is 0 Å². The van der Waals surface area contributed by atoms with E-state index in [1.807, 2.05) is 26.0 Å². The Bertz CT molecular complexity index is 677. The van der Waals surface area contributed by atoms with Crippen LogP contribution in [-0.4, -0.2) is 31.8 Å². The molecule has 2 unspecified atom stereocenters. The van der Waals surface area contributed by atoms with Gasteiger partial charge in [0.2, 0.25) is 0 Å². The number of sulfone groups is 1. The number of benzene rings is 1. The van der Waals surface area contributed by atoms with Crippen molar-refractivity contribution in [2.24, 2.45) is 5.92 Å². The zero-order valence-electron chi connectivity index (χ0n) is 13.3. The van der Waals surface area contributed by atoms with Crippen molar-refractivity contribution in [3.63, 3.8) is 0 Å². The van der Waals surface area contributed by atoms with Crippen molar-refractivity contribution in [1.82, 2.24) is 0 Å². The number of carbonyl (C=O) groups is 1. The average Bonchev–Trinajstić information content (AvgIpc) is 2.66. The average molecular weight is 322 g/mol. The van der Waals surface area contributed by atoms with Crippen LogP contribution in [-0.2, 0) is 9.84 Å². The molecular weight excluding hydrogens is 300 g/mol. The molecule has 0 amide bonds. The molecule has 2 bridgehead atoms. The summed E-state index contributed by atoms with van der Waals surface area (Å²) >= 11 is 0. The van der Waals surface area contributed by atoms with Gasteiger partial charge in [-0.25, -0.2) is 8.42 Å². The van der Waals surface area contributed by atoms with Crippen molar-refractivity contribution in [3.8, 4) is 5.75 Å². The van der Waals surface area contributed by atoms with Crippen LogP contribution in [0, 0.1) is 19.8 Å². The van der Waals surface area contributed by atoms with Crippen LogP contribution in [0.15, 0.2) is 12.1 Å². The lowest BCUT2D eigenvalue weighted by molar-refractivity contribution is 0.0905. The van der Waals surface area contributed by atoms with Crippen molar-refractivity contribution in [2.75, 3.05) is 7.11 Å². The molecule has 0 saturated carbocycles. The molecule has 0 aliphatic carbocycles. The fraction of sp³-hybridized carbons (Fsp3) is 0.588. The van der Waals surface area contributed by atoms with Crippen molar-refractivity contribution in [3.05, 3.63) is 28.8 Å². The van der Waals surface area contributed by atoms with Crippen LogP contribution in [0.3, 0.4) is 0 Å². The Morgan fingerprint density at radius 3 is 2.05 bits per heavy atom. The highest BCUT2D eigenvalue weighted by atomic mass is 32.2. The number of ketones is 1. The number of carbonyl (C=O) groups excluding carboxylic acids is 1. The van der Waals surface area contributed by atoms with Crippen LogP contribution in [0.1, 0.15) is 47.2 Å². The van der Waals surface area contributed by atoms with Crippen LogP contribution < -0.4 is 4.74 Å². The molecule has 120 valence electrons. The molecule has 0 spiro atoms. The van der Waals surface area contributed by atoms with E-state index in [2.05, 4.69) is 0 Å². The van der Waals surface area contributed by atoms with Gasteiger partial charge in [0.25, 0.3) is 0 Å². The normalized spacial score (nSPS) is 29.3. The van der Waals surface area contributed by atoms with E-state index in [0.29, 0.717) is 18.4 Å². The molecule has 2 aliphatic rings. The van der Waals surface area contributed by atoms with Crippen molar-refractivity contribution < 1.29 is 17.9 Å². The topological polar surface area (TPSA) is 60.4 Å². The molecule has 0 aromatic heterocycles. The standard InChI is InChI=1S/C17H22O4S/c1-10-6-12(7-11(2)17(10)21-3)16(18)13-8-14-4-5-15(9-13)22(14,19)20/h6-7,13-15H,4-5,8-9H2,1-3H3. The highest BCUT2D eigenvalue weighted by Crippen LogP contribution is 2.42. The molecule has 0 N–H and O–H groups in total. The van der Waals surface area contributed by atoms with Crippen molar-refractivity contribution >= 4 is 15.6 Å². The first kappa shape index (κ1) is 15.5. The minimum atomic E-state index is -2.98. The van der Waals surface area contributed by atoms with E-state index < -0.39 is 9.84 Å². The maximum absolute atomic E-state index is 12.8. The first-order valence-corrected chi connectivity index (χ1v) is 9.37. The molecule has 5 heteroatoms. The zero-order chi connectivity index (χ0) is 16.1. The third-order valence-corrected chi connectivity index (χ3v) is 7.87. The van der Waals surface area contributed by atoms with Gasteiger partial charge in [0, 0.05) is 11.5 Å². The number of fused-ring (bicyclic) bond motifs is 2. The van der Waals surface area contributed by atoms with E-state index in [1.165, 1.54) is 0 Å². The van der Waals surface area contributed by atoms with Gasteiger partial charge in [0.05, 0.1) is 17.6 Å². The summed E-state index contributed by atoms with van der Waals surface area (Å²) in [6.45, 7) is 3.86. The SMILES string of the molecule is COc1c(C)cc(C(=O)C2CC3CCC(C2)S3(=O)=O)cc1C. The third kappa shape index (κ3) is 2.35. The first-order valence-electron chi connectivity index (χ1n) is 7.76. The number of aryl methyl sites for hydroxylation is 2. The van der Waals surface area contributed by atoms with Gasteiger partial charge in [-0.05, 0) is 62.8 Å². The van der Waals surface area contributed by atoms with Gasteiger partial charge in [-0.1, -0.05) is 0 Å². The smallest absolute Gasteiger partial charge is 0.166 e. The number of hydrogen-bond acceptors (Lipinski definition) is 4. The Morgan fingerprint density at radius 1 is 1.09 bits per heavy atom. The summed E-state index contributed by atoms with van der Waals surface area (Å²) in [5, 5.41) is -0.610. The summed E-state index contributed by atoms with van der Waals surface area (Å²) in [6.07, 6.45) is 2.42. The summed E-state index contributed by atoms with van der Waals surface area (Å²) in [5.41, 5.74) is 2.56. The van der Waals surface area contributed by atoms with E-state index in [-0.39, 0.29) is 22.2 Å². The lowest BCUT2D eigenvalue weighted by Gasteiger charge is -2.27. The van der Waals surface area contributed by atoms with Crippen LogP contribution >= 0.6 is 0 Å². The Morgan fingerprint density at radius 2 is 1.59 bits per heavy atom. The quantitative estimate of drug-likeness (QED) is 0.803. The predicted octanol–water partition coefficient (Wildman–Crippen LogP) is 2.85. The highest BCUT2D eigenvalue weighted by molar-refractivity contribution is 7.93. The molecule has 2 aliphatic heterocycles. The summed E-state index contributed by atoms with van der Waals surface area (Å²) < 4.78 is 29.6. The van der Waals surface area contributed by atoms with E-state index in [9.17, 15) is 13.2 Å². The minimum Gasteiger partial charge on any atom is -0.496 e. The molecule has 22 heavy (non-hydrogen) atoms. The Balaban J connectivity index is 1.87. The monoisotopic (exact) mass is 322 g/mol. The Labute approximate surface area is 131 Å². The van der Waals surface area contributed by atoms with Crippen LogP contribution in [0.5, 0.6) is 5.75 Å². The predicted molar refractivity (Wildman–Crippen MR) is 85.3 cm³/mol. The molecule has 1 aromatic rings. The second-order valence-electron chi connectivity index (χ2n) is 6.59. The molecule has 4 nitrogen and oxygen atoms in total. The molecular formula is C17H22O4S. The molecule has 2 atom stereocenters. The molecule has 3 rings (SSSR count). The van der Waals surface area contributed by atoms with Crippen molar-refractivity contribution in [2.45, 2.75) is 50.0 Å². The Kier molecular flexibility index (Phi) is 3.79. The van der Waals surface area contributed by atoms with E-state index in [4.69, 9.17) is 4.74 Å². The van der Waals surface area contributed by atoms with Gasteiger partial charge < -0.3 is 4.74 Å². The minimum absolute atomic E-state index is 0.0839. The maximum Gasteiger partial charge on any atom is 0.166 e. The van der Waals surface area contributed by atoms with Crippen LogP contribution in [0.2, 0.25) is 0 Å². The largest absolute Gasteiger partial charge is 0.496 e. The van der Waals surface area contributed by atoms with Crippen LogP contribution in [0.4, 0.5) is 0 Å². The number of methoxy groups -OCH3 is 1. The Hall–Kier alpha value is -1.36. The van der Waals surface area contributed by atoms with Gasteiger partial charge in [0.15, 0.2) is 15.6 Å². The fourth-order valence-electron chi connectivity index (χ4n) is 4.07. The molecule has 1 aromatic carbocycles. The maximum atomic E-state index is 12.8. The fourth-order valence-corrected chi connectivity index (χ4v) is 6.55. The first-order chi connectivity index (χ1) is 10.3. The molecule has 2 fully saturated rings. The summed E-state index contributed by atoms with van der Waals surface area (Å²) in [4.78, 5) is 12.8. The van der Waals surface area contributed by atoms with Gasteiger partial charge >= 0.3 is 0 Å². The van der Waals surface area contributed by atoms with E-state index in [0.717, 1.165) is 29.7 Å². The lowest BCUT2D eigenvalue weighted by atomic mass is 9.89. The second-order valence-corrected chi connectivity index (χ2v) is 9.10. The van der Waals surface area contributed by atoms with Crippen molar-refractivity contribution in [1.29, 1.82) is 0 Å².